The Morgan fingerprint density at radius 3 is 2.62 bits per heavy atom. The second-order valence-electron chi connectivity index (χ2n) is 8.47. The van der Waals surface area contributed by atoms with Crippen molar-refractivity contribution in [1.29, 1.82) is 0 Å². The van der Waals surface area contributed by atoms with Crippen LogP contribution >= 0.6 is 0 Å². The minimum atomic E-state index is -3.90. The lowest BCUT2D eigenvalue weighted by Crippen LogP contribution is -2.24. The number of anilines is 2. The van der Waals surface area contributed by atoms with Crippen molar-refractivity contribution in [2.45, 2.75) is 37.6 Å². The van der Waals surface area contributed by atoms with E-state index >= 15 is 0 Å². The van der Waals surface area contributed by atoms with Crippen molar-refractivity contribution in [2.75, 3.05) is 16.6 Å². The second kappa shape index (κ2) is 10.6. The summed E-state index contributed by atoms with van der Waals surface area (Å²) in [4.78, 5) is 12.9. The van der Waals surface area contributed by atoms with Gasteiger partial charge in [-0.1, -0.05) is 30.4 Å². The van der Waals surface area contributed by atoms with Crippen molar-refractivity contribution < 1.29 is 13.2 Å². The first-order chi connectivity index (χ1) is 16.4. The van der Waals surface area contributed by atoms with Gasteiger partial charge >= 0.3 is 0 Å². The van der Waals surface area contributed by atoms with Gasteiger partial charge in [0.05, 0.1) is 17.1 Å². The van der Waals surface area contributed by atoms with Gasteiger partial charge in [-0.15, -0.1) is 0 Å². The maximum atomic E-state index is 13.1. The summed E-state index contributed by atoms with van der Waals surface area (Å²) in [5.74, 6) is 0.0916. The summed E-state index contributed by atoms with van der Waals surface area (Å²) in [6.07, 6.45) is 7.46. The number of carbonyl (C=O) groups is 1. The van der Waals surface area contributed by atoms with Crippen LogP contribution < -0.4 is 15.4 Å². The van der Waals surface area contributed by atoms with Crippen LogP contribution in [-0.4, -0.2) is 31.1 Å². The van der Waals surface area contributed by atoms with Gasteiger partial charge in [0, 0.05) is 29.2 Å². The monoisotopic (exact) mass is 479 g/mol. The fourth-order valence-corrected chi connectivity index (χ4v) is 4.98. The number of H-pyrrole nitrogens is 1. The highest BCUT2D eigenvalue weighted by Crippen LogP contribution is 2.24. The van der Waals surface area contributed by atoms with E-state index in [-0.39, 0.29) is 22.9 Å². The van der Waals surface area contributed by atoms with Gasteiger partial charge in [-0.2, -0.15) is 5.10 Å². The van der Waals surface area contributed by atoms with Crippen molar-refractivity contribution in [3.8, 4) is 0 Å². The predicted octanol–water partition coefficient (Wildman–Crippen LogP) is 4.22. The molecular weight excluding hydrogens is 450 g/mol. The zero-order valence-electron chi connectivity index (χ0n) is 19.0. The number of hydrogen-bond donors (Lipinski definition) is 4. The molecule has 2 aromatic carbocycles. The number of nitrogens with zero attached hydrogens (tertiary/aromatic N) is 1. The summed E-state index contributed by atoms with van der Waals surface area (Å²) in [6.45, 7) is 2.82. The molecule has 3 aromatic rings. The fourth-order valence-electron chi connectivity index (χ4n) is 3.85. The lowest BCUT2D eigenvalue weighted by molar-refractivity contribution is 0.0950. The molecule has 0 radical (unpaired) electrons. The minimum absolute atomic E-state index is 0.0191. The zero-order valence-corrected chi connectivity index (χ0v) is 19.9. The molecule has 0 aliphatic heterocycles. The van der Waals surface area contributed by atoms with E-state index in [1.165, 1.54) is 6.07 Å². The number of carbonyl (C=O) groups excluding carboxylic acids is 1. The van der Waals surface area contributed by atoms with Crippen LogP contribution in [0.15, 0.2) is 71.6 Å². The summed E-state index contributed by atoms with van der Waals surface area (Å²) in [6, 6.07) is 15.2. The van der Waals surface area contributed by atoms with Crippen molar-refractivity contribution in [3.63, 3.8) is 0 Å². The molecule has 1 aromatic heterocycles. The molecular formula is C25H29N5O3S. The second-order valence-corrected chi connectivity index (χ2v) is 10.2. The molecule has 9 heteroatoms. The van der Waals surface area contributed by atoms with Crippen LogP contribution in [0.25, 0.3) is 0 Å². The Kier molecular flexibility index (Phi) is 7.32. The van der Waals surface area contributed by atoms with Gasteiger partial charge in [-0.05, 0) is 68.5 Å². The molecule has 1 aliphatic carbocycles. The topological polar surface area (TPSA) is 116 Å². The van der Waals surface area contributed by atoms with Crippen LogP contribution in [-0.2, 0) is 16.6 Å². The largest absolute Gasteiger partial charge is 0.385 e. The number of para-hydroxylation sites is 1. The molecule has 178 valence electrons. The molecule has 0 saturated carbocycles. The van der Waals surface area contributed by atoms with Gasteiger partial charge in [0.15, 0.2) is 0 Å². The smallest absolute Gasteiger partial charge is 0.261 e. The number of allylic oxidation sites excluding steroid dienone is 2. The van der Waals surface area contributed by atoms with E-state index in [0.717, 1.165) is 25.0 Å². The van der Waals surface area contributed by atoms with E-state index in [0.29, 0.717) is 29.5 Å². The predicted molar refractivity (Wildman–Crippen MR) is 133 cm³/mol. The first-order valence-electron chi connectivity index (χ1n) is 11.3. The van der Waals surface area contributed by atoms with E-state index in [2.05, 4.69) is 37.7 Å². The number of hydrogen-bond acceptors (Lipinski definition) is 5. The van der Waals surface area contributed by atoms with E-state index in [1.54, 1.807) is 36.4 Å². The van der Waals surface area contributed by atoms with Crippen LogP contribution in [0.4, 0.5) is 11.4 Å². The van der Waals surface area contributed by atoms with Crippen molar-refractivity contribution >= 4 is 27.3 Å². The zero-order chi connectivity index (χ0) is 24.0. The highest BCUT2D eigenvalue weighted by atomic mass is 32.2. The van der Waals surface area contributed by atoms with Gasteiger partial charge in [-0.25, -0.2) is 8.42 Å². The lowest BCUT2D eigenvalue weighted by atomic mass is 9.94. The molecule has 1 unspecified atom stereocenters. The van der Waals surface area contributed by atoms with Crippen molar-refractivity contribution in [2.24, 2.45) is 5.92 Å². The fraction of sp³-hybridized carbons (Fsp3) is 0.280. The number of nitrogens with one attached hydrogen (secondary N) is 4. The molecule has 1 heterocycles. The molecule has 1 atom stereocenters. The van der Waals surface area contributed by atoms with Crippen molar-refractivity contribution in [3.05, 3.63) is 83.7 Å². The first-order valence-corrected chi connectivity index (χ1v) is 12.8. The van der Waals surface area contributed by atoms with Gasteiger partial charge in [0.2, 0.25) is 0 Å². The molecule has 4 N–H and O–H groups in total. The quantitative estimate of drug-likeness (QED) is 0.343. The number of rotatable bonds is 9. The Bertz CT molecular complexity index is 1270. The summed E-state index contributed by atoms with van der Waals surface area (Å²) < 4.78 is 28.8. The van der Waals surface area contributed by atoms with Crippen LogP contribution in [0, 0.1) is 12.8 Å². The number of aromatic nitrogens is 2. The third-order valence-electron chi connectivity index (χ3n) is 5.67. The van der Waals surface area contributed by atoms with E-state index in [4.69, 9.17) is 0 Å². The molecule has 1 amide bonds. The average molecular weight is 480 g/mol. The third-order valence-corrected chi connectivity index (χ3v) is 7.03. The Morgan fingerprint density at radius 2 is 1.91 bits per heavy atom. The summed E-state index contributed by atoms with van der Waals surface area (Å²) in [7, 11) is -3.90. The maximum Gasteiger partial charge on any atom is 0.261 e. The molecule has 34 heavy (non-hydrogen) atoms. The lowest BCUT2D eigenvalue weighted by Gasteiger charge is -2.19. The standard InChI is InChI=1S/C25H29N5O3S/c1-18-12-23(29-28-18)17-27-25(31)20-13-22(26-16-19-8-4-2-5-9-19)15-24(14-20)34(32,33)30-21-10-6-3-7-11-21/h2-4,6-7,10-15,19,26,30H,5,8-9,16-17H2,1H3,(H,27,31)(H,28,29). The molecule has 1 aliphatic rings. The molecule has 0 fully saturated rings. The van der Waals surface area contributed by atoms with E-state index in [9.17, 15) is 13.2 Å². The molecule has 0 bridgehead atoms. The van der Waals surface area contributed by atoms with Gasteiger partial charge in [-0.3, -0.25) is 14.6 Å². The molecule has 4 rings (SSSR count). The van der Waals surface area contributed by atoms with E-state index in [1.807, 2.05) is 19.1 Å². The van der Waals surface area contributed by atoms with Crippen molar-refractivity contribution in [1.82, 2.24) is 15.5 Å². The third kappa shape index (κ3) is 6.26. The first kappa shape index (κ1) is 23.6. The number of aryl methyl sites for hydroxylation is 1. The number of amides is 1. The summed E-state index contributed by atoms with van der Waals surface area (Å²) in [5, 5.41) is 13.1. The number of benzene rings is 2. The normalized spacial score (nSPS) is 15.6. The molecule has 0 spiro atoms. The van der Waals surface area contributed by atoms with Crippen LogP contribution in [0.5, 0.6) is 0 Å². The van der Waals surface area contributed by atoms with Gasteiger partial charge < -0.3 is 10.6 Å². The van der Waals surface area contributed by atoms with Gasteiger partial charge in [0.1, 0.15) is 0 Å². The summed E-state index contributed by atoms with van der Waals surface area (Å²) in [5.41, 5.74) is 2.90. The van der Waals surface area contributed by atoms with Crippen LogP contribution in [0.2, 0.25) is 0 Å². The van der Waals surface area contributed by atoms with Crippen LogP contribution in [0.1, 0.15) is 41.0 Å². The average Bonchev–Trinajstić information content (AvgIpc) is 3.27. The Labute approximate surface area is 199 Å². The van der Waals surface area contributed by atoms with Crippen LogP contribution in [0.3, 0.4) is 0 Å². The summed E-state index contributed by atoms with van der Waals surface area (Å²) >= 11 is 0. The Hall–Kier alpha value is -3.59. The highest BCUT2D eigenvalue weighted by molar-refractivity contribution is 7.92. The molecule has 0 saturated heterocycles. The minimum Gasteiger partial charge on any atom is -0.385 e. The number of aromatic amines is 1. The Balaban J connectivity index is 1.57. The SMILES string of the molecule is Cc1cc(CNC(=O)c2cc(NCC3CC=CCC3)cc(S(=O)(=O)Nc3ccccc3)c2)n[nH]1. The molecule has 8 nitrogen and oxygen atoms in total. The number of sulfonamides is 1. The van der Waals surface area contributed by atoms with Gasteiger partial charge in [0.25, 0.3) is 15.9 Å². The maximum absolute atomic E-state index is 13.1. The Morgan fingerprint density at radius 1 is 1.09 bits per heavy atom. The van der Waals surface area contributed by atoms with E-state index < -0.39 is 10.0 Å². The highest BCUT2D eigenvalue weighted by Gasteiger charge is 2.19.